The van der Waals surface area contributed by atoms with Crippen molar-refractivity contribution in [3.8, 4) is 0 Å². The minimum absolute atomic E-state index is 0.183. The third-order valence-electron chi connectivity index (χ3n) is 3.50. The number of hydrogen-bond donors (Lipinski definition) is 1. The fourth-order valence-electron chi connectivity index (χ4n) is 2.52. The number of fused-ring (bicyclic) bond motifs is 1. The van der Waals surface area contributed by atoms with E-state index < -0.39 is 0 Å². The Morgan fingerprint density at radius 2 is 1.59 bits per heavy atom. The number of carbonyl (C=O) groups excluding carboxylic acids is 1. The second-order valence-electron chi connectivity index (χ2n) is 4.64. The first-order chi connectivity index (χ1) is 8.34. The lowest BCUT2D eigenvalue weighted by atomic mass is 10.1. The van der Waals surface area contributed by atoms with Gasteiger partial charge in [-0.2, -0.15) is 0 Å². The van der Waals surface area contributed by atoms with Crippen molar-refractivity contribution in [2.24, 2.45) is 0 Å². The van der Waals surface area contributed by atoms with E-state index in [0.717, 1.165) is 39.3 Å². The molecule has 2 heterocycles. The quantitative estimate of drug-likeness (QED) is 0.724. The van der Waals surface area contributed by atoms with Gasteiger partial charge in [-0.1, -0.05) is 24.3 Å². The average Bonchev–Trinajstić information content (AvgIpc) is 2.82. The molecule has 0 unspecified atom stereocenters. The Bertz CT molecular complexity index is 401. The summed E-state index contributed by atoms with van der Waals surface area (Å²) >= 11 is 0. The van der Waals surface area contributed by atoms with Gasteiger partial charge >= 0.3 is 6.03 Å². The van der Waals surface area contributed by atoms with Gasteiger partial charge in [0.25, 0.3) is 0 Å². The molecule has 0 aliphatic carbocycles. The highest BCUT2D eigenvalue weighted by Gasteiger charge is 2.27. The number of piperazine rings is 1. The number of rotatable bonds is 0. The van der Waals surface area contributed by atoms with Gasteiger partial charge in [-0.3, -0.25) is 0 Å². The summed E-state index contributed by atoms with van der Waals surface area (Å²) in [5, 5.41) is 3.26. The van der Waals surface area contributed by atoms with E-state index in [1.165, 1.54) is 11.1 Å². The van der Waals surface area contributed by atoms with Crippen LogP contribution in [-0.2, 0) is 13.1 Å². The number of carbonyl (C=O) groups is 1. The van der Waals surface area contributed by atoms with Gasteiger partial charge in [-0.05, 0) is 11.1 Å². The first-order valence-electron chi connectivity index (χ1n) is 6.16. The molecule has 1 aromatic carbocycles. The van der Waals surface area contributed by atoms with Crippen LogP contribution in [0.5, 0.6) is 0 Å². The molecule has 1 aromatic rings. The lowest BCUT2D eigenvalue weighted by molar-refractivity contribution is 0.146. The van der Waals surface area contributed by atoms with Crippen LogP contribution in [0.4, 0.5) is 4.79 Å². The van der Waals surface area contributed by atoms with E-state index in [2.05, 4.69) is 17.4 Å². The van der Waals surface area contributed by atoms with Crippen molar-refractivity contribution in [1.29, 1.82) is 0 Å². The summed E-state index contributed by atoms with van der Waals surface area (Å²) in [4.78, 5) is 16.2. The van der Waals surface area contributed by atoms with Crippen LogP contribution in [-0.4, -0.2) is 42.0 Å². The second kappa shape index (κ2) is 4.37. The van der Waals surface area contributed by atoms with Crippen molar-refractivity contribution in [2.75, 3.05) is 26.2 Å². The van der Waals surface area contributed by atoms with E-state index in [1.807, 2.05) is 21.9 Å². The molecule has 1 N–H and O–H groups in total. The summed E-state index contributed by atoms with van der Waals surface area (Å²) in [5.74, 6) is 0. The Hall–Kier alpha value is -1.55. The predicted molar refractivity (Wildman–Crippen MR) is 65.5 cm³/mol. The van der Waals surface area contributed by atoms with Crippen LogP contribution < -0.4 is 5.32 Å². The van der Waals surface area contributed by atoms with Gasteiger partial charge in [0.15, 0.2) is 0 Å². The van der Waals surface area contributed by atoms with Crippen molar-refractivity contribution >= 4 is 6.03 Å². The zero-order valence-electron chi connectivity index (χ0n) is 9.85. The Labute approximate surface area is 101 Å². The molecule has 2 amide bonds. The maximum absolute atomic E-state index is 12.3. The highest BCUT2D eigenvalue weighted by Crippen LogP contribution is 2.23. The molecule has 1 saturated heterocycles. The van der Waals surface area contributed by atoms with Gasteiger partial charge in [0.2, 0.25) is 0 Å². The lowest BCUT2D eigenvalue weighted by Gasteiger charge is -2.31. The number of amides is 2. The van der Waals surface area contributed by atoms with Crippen LogP contribution in [0.3, 0.4) is 0 Å². The number of urea groups is 1. The van der Waals surface area contributed by atoms with E-state index in [4.69, 9.17) is 0 Å². The normalized spacial score (nSPS) is 19.3. The van der Waals surface area contributed by atoms with Gasteiger partial charge in [0, 0.05) is 39.3 Å². The van der Waals surface area contributed by atoms with E-state index in [9.17, 15) is 4.79 Å². The highest BCUT2D eigenvalue weighted by atomic mass is 16.2. The molecule has 4 nitrogen and oxygen atoms in total. The number of hydrogen-bond acceptors (Lipinski definition) is 2. The molecule has 90 valence electrons. The molecule has 1 fully saturated rings. The van der Waals surface area contributed by atoms with E-state index in [-0.39, 0.29) is 6.03 Å². The largest absolute Gasteiger partial charge is 0.322 e. The van der Waals surface area contributed by atoms with Crippen molar-refractivity contribution < 1.29 is 4.79 Å². The molecule has 0 spiro atoms. The molecule has 2 aliphatic rings. The van der Waals surface area contributed by atoms with Crippen molar-refractivity contribution in [3.63, 3.8) is 0 Å². The molecule has 3 rings (SSSR count). The van der Waals surface area contributed by atoms with Crippen molar-refractivity contribution in [3.05, 3.63) is 35.4 Å². The molecule has 17 heavy (non-hydrogen) atoms. The standard InChI is InChI=1S/C13H17N3O/c17-13(15-7-5-14-6-8-15)16-9-11-3-1-2-4-12(11)10-16/h1-4,14H,5-10H2. The van der Waals surface area contributed by atoms with Gasteiger partial charge in [-0.25, -0.2) is 4.79 Å². The molecule has 2 aliphatic heterocycles. The summed E-state index contributed by atoms with van der Waals surface area (Å²) in [7, 11) is 0. The smallest absolute Gasteiger partial charge is 0.320 e. The Morgan fingerprint density at radius 3 is 2.18 bits per heavy atom. The molecular weight excluding hydrogens is 214 g/mol. The number of nitrogens with zero attached hydrogens (tertiary/aromatic N) is 2. The van der Waals surface area contributed by atoms with Crippen molar-refractivity contribution in [2.45, 2.75) is 13.1 Å². The average molecular weight is 231 g/mol. The zero-order chi connectivity index (χ0) is 11.7. The monoisotopic (exact) mass is 231 g/mol. The molecular formula is C13H17N3O. The molecule has 0 bridgehead atoms. The van der Waals surface area contributed by atoms with Crippen LogP contribution in [0.15, 0.2) is 24.3 Å². The zero-order valence-corrected chi connectivity index (χ0v) is 9.85. The van der Waals surface area contributed by atoms with Gasteiger partial charge in [0.05, 0.1) is 0 Å². The summed E-state index contributed by atoms with van der Waals surface area (Å²) in [5.41, 5.74) is 2.58. The Balaban J connectivity index is 1.69. The minimum atomic E-state index is 0.183. The summed E-state index contributed by atoms with van der Waals surface area (Å²) in [6.07, 6.45) is 0. The van der Waals surface area contributed by atoms with Crippen LogP contribution >= 0.6 is 0 Å². The summed E-state index contributed by atoms with van der Waals surface area (Å²) < 4.78 is 0. The number of nitrogens with one attached hydrogen (secondary N) is 1. The maximum atomic E-state index is 12.3. The maximum Gasteiger partial charge on any atom is 0.320 e. The minimum Gasteiger partial charge on any atom is -0.322 e. The molecule has 0 radical (unpaired) electrons. The second-order valence-corrected chi connectivity index (χ2v) is 4.64. The molecule has 0 atom stereocenters. The molecule has 0 aromatic heterocycles. The van der Waals surface area contributed by atoms with Crippen LogP contribution in [0, 0.1) is 0 Å². The van der Waals surface area contributed by atoms with E-state index >= 15 is 0 Å². The Morgan fingerprint density at radius 1 is 1.00 bits per heavy atom. The van der Waals surface area contributed by atoms with Crippen LogP contribution in [0.25, 0.3) is 0 Å². The first-order valence-corrected chi connectivity index (χ1v) is 6.16. The first kappa shape index (κ1) is 10.6. The lowest BCUT2D eigenvalue weighted by Crippen LogP contribution is -2.50. The van der Waals surface area contributed by atoms with Gasteiger partial charge in [-0.15, -0.1) is 0 Å². The fraction of sp³-hybridized carbons (Fsp3) is 0.462. The molecule has 4 heteroatoms. The predicted octanol–water partition coefficient (Wildman–Crippen LogP) is 1.03. The van der Waals surface area contributed by atoms with E-state index in [0.29, 0.717) is 0 Å². The Kier molecular flexibility index (Phi) is 2.73. The summed E-state index contributed by atoms with van der Waals surface area (Å²) in [6.45, 7) is 4.99. The van der Waals surface area contributed by atoms with E-state index in [1.54, 1.807) is 0 Å². The third kappa shape index (κ3) is 2.00. The van der Waals surface area contributed by atoms with Gasteiger partial charge in [0.1, 0.15) is 0 Å². The summed E-state index contributed by atoms with van der Waals surface area (Å²) in [6, 6.07) is 8.48. The SMILES string of the molecule is O=C(N1CCNCC1)N1Cc2ccccc2C1. The van der Waals surface area contributed by atoms with Crippen LogP contribution in [0.2, 0.25) is 0 Å². The topological polar surface area (TPSA) is 35.6 Å². The fourth-order valence-corrected chi connectivity index (χ4v) is 2.52. The highest BCUT2D eigenvalue weighted by molar-refractivity contribution is 5.75. The number of benzene rings is 1. The third-order valence-corrected chi connectivity index (χ3v) is 3.50. The molecule has 0 saturated carbocycles. The van der Waals surface area contributed by atoms with Crippen LogP contribution in [0.1, 0.15) is 11.1 Å². The van der Waals surface area contributed by atoms with Gasteiger partial charge < -0.3 is 15.1 Å². The van der Waals surface area contributed by atoms with Crippen molar-refractivity contribution in [1.82, 2.24) is 15.1 Å².